The molecule has 1 aromatic heterocycles. The zero-order valence-electron chi connectivity index (χ0n) is 12.6. The number of hydrogen-bond donors (Lipinski definition) is 1. The Kier molecular flexibility index (Phi) is 3.95. The van der Waals surface area contributed by atoms with E-state index in [-0.39, 0.29) is 0 Å². The molecule has 1 heterocycles. The van der Waals surface area contributed by atoms with Crippen LogP contribution in [0.1, 0.15) is 51.6 Å². The van der Waals surface area contributed by atoms with Crippen LogP contribution in [0.25, 0.3) is 0 Å². The van der Waals surface area contributed by atoms with E-state index in [9.17, 15) is 0 Å². The minimum Gasteiger partial charge on any atom is -0.306 e. The van der Waals surface area contributed by atoms with Crippen molar-refractivity contribution < 1.29 is 0 Å². The number of hydrogen-bond acceptors (Lipinski definition) is 2. The number of aryl methyl sites for hydroxylation is 4. The predicted molar refractivity (Wildman–Crippen MR) is 87.5 cm³/mol. The van der Waals surface area contributed by atoms with Gasteiger partial charge in [0.25, 0.3) is 0 Å². The van der Waals surface area contributed by atoms with Crippen molar-refractivity contribution >= 4 is 11.3 Å². The van der Waals surface area contributed by atoms with Gasteiger partial charge >= 0.3 is 0 Å². The first kappa shape index (κ1) is 13.8. The molecule has 1 atom stereocenters. The second kappa shape index (κ2) is 5.71. The van der Waals surface area contributed by atoms with E-state index < -0.39 is 0 Å². The van der Waals surface area contributed by atoms with Crippen molar-refractivity contribution in [2.24, 2.45) is 0 Å². The molecule has 0 amide bonds. The van der Waals surface area contributed by atoms with Crippen molar-refractivity contribution in [2.75, 3.05) is 0 Å². The molecule has 106 valence electrons. The summed E-state index contributed by atoms with van der Waals surface area (Å²) in [5.41, 5.74) is 7.18. The summed E-state index contributed by atoms with van der Waals surface area (Å²) in [5.74, 6) is 0. The molecular weight excluding hydrogens is 262 g/mol. The largest absolute Gasteiger partial charge is 0.306 e. The van der Waals surface area contributed by atoms with Crippen molar-refractivity contribution in [3.63, 3.8) is 0 Å². The molecule has 0 aliphatic heterocycles. The average Bonchev–Trinajstić information content (AvgIpc) is 2.90. The SMILES string of the molecule is Cc1cc(C)c(CNC2CCCc3sccc32)cc1C. The van der Waals surface area contributed by atoms with Crippen LogP contribution in [0.4, 0.5) is 0 Å². The Labute approximate surface area is 126 Å². The molecule has 1 aromatic carbocycles. The first-order chi connectivity index (χ1) is 9.65. The van der Waals surface area contributed by atoms with Crippen molar-refractivity contribution in [1.82, 2.24) is 5.32 Å². The molecule has 1 nitrogen and oxygen atoms in total. The zero-order valence-corrected chi connectivity index (χ0v) is 13.4. The Hall–Kier alpha value is -1.12. The second-order valence-corrected chi connectivity index (χ2v) is 6.99. The van der Waals surface area contributed by atoms with E-state index in [1.165, 1.54) is 41.5 Å². The molecule has 1 N–H and O–H groups in total. The number of thiophene rings is 1. The fourth-order valence-corrected chi connectivity index (χ4v) is 4.13. The van der Waals surface area contributed by atoms with Crippen molar-refractivity contribution in [3.8, 4) is 0 Å². The second-order valence-electron chi connectivity index (χ2n) is 5.99. The van der Waals surface area contributed by atoms with E-state index in [1.807, 2.05) is 11.3 Å². The molecule has 0 bridgehead atoms. The van der Waals surface area contributed by atoms with Crippen LogP contribution in [-0.2, 0) is 13.0 Å². The van der Waals surface area contributed by atoms with Crippen molar-refractivity contribution in [1.29, 1.82) is 0 Å². The van der Waals surface area contributed by atoms with Gasteiger partial charge in [0.2, 0.25) is 0 Å². The van der Waals surface area contributed by atoms with Gasteiger partial charge in [-0.25, -0.2) is 0 Å². The molecule has 3 rings (SSSR count). The van der Waals surface area contributed by atoms with Crippen LogP contribution in [0.3, 0.4) is 0 Å². The number of rotatable bonds is 3. The smallest absolute Gasteiger partial charge is 0.0334 e. The first-order valence-corrected chi connectivity index (χ1v) is 8.39. The summed E-state index contributed by atoms with van der Waals surface area (Å²) in [4.78, 5) is 1.59. The van der Waals surface area contributed by atoms with Crippen LogP contribution in [0.5, 0.6) is 0 Å². The van der Waals surface area contributed by atoms with Gasteiger partial charge < -0.3 is 5.32 Å². The molecule has 2 aromatic rings. The molecule has 0 radical (unpaired) electrons. The Morgan fingerprint density at radius 2 is 1.95 bits per heavy atom. The summed E-state index contributed by atoms with van der Waals surface area (Å²) in [6, 6.07) is 7.51. The molecule has 1 aliphatic rings. The topological polar surface area (TPSA) is 12.0 Å². The standard InChI is InChI=1S/C18H23NS/c1-12-9-14(3)15(10-13(12)2)11-19-17-5-4-6-18-16(17)7-8-20-18/h7-10,17,19H,4-6,11H2,1-3H3. The highest BCUT2D eigenvalue weighted by Gasteiger charge is 2.20. The molecule has 20 heavy (non-hydrogen) atoms. The van der Waals surface area contributed by atoms with Gasteiger partial charge in [0.15, 0.2) is 0 Å². The van der Waals surface area contributed by atoms with Crippen LogP contribution in [0, 0.1) is 20.8 Å². The van der Waals surface area contributed by atoms with E-state index in [0.29, 0.717) is 6.04 Å². The molecule has 1 aliphatic carbocycles. The van der Waals surface area contributed by atoms with Crippen molar-refractivity contribution in [3.05, 3.63) is 56.3 Å². The quantitative estimate of drug-likeness (QED) is 0.851. The highest BCUT2D eigenvalue weighted by molar-refractivity contribution is 7.10. The molecule has 2 heteroatoms. The molecule has 0 fully saturated rings. The molecule has 0 spiro atoms. The summed E-state index contributed by atoms with van der Waals surface area (Å²) in [5, 5.41) is 6.02. The van der Waals surface area contributed by atoms with Gasteiger partial charge in [-0.1, -0.05) is 12.1 Å². The van der Waals surface area contributed by atoms with E-state index in [2.05, 4.69) is 49.7 Å². The van der Waals surface area contributed by atoms with Gasteiger partial charge in [0.05, 0.1) is 0 Å². The van der Waals surface area contributed by atoms with Crippen LogP contribution in [0.15, 0.2) is 23.6 Å². The molecule has 0 saturated heterocycles. The van der Waals surface area contributed by atoms with Crippen LogP contribution in [0.2, 0.25) is 0 Å². The lowest BCUT2D eigenvalue weighted by molar-refractivity contribution is 0.462. The lowest BCUT2D eigenvalue weighted by Gasteiger charge is -2.24. The molecule has 1 unspecified atom stereocenters. The maximum absolute atomic E-state index is 3.77. The maximum Gasteiger partial charge on any atom is 0.0334 e. The lowest BCUT2D eigenvalue weighted by atomic mass is 9.93. The fraction of sp³-hybridized carbons (Fsp3) is 0.444. The van der Waals surface area contributed by atoms with Gasteiger partial charge in [-0.2, -0.15) is 0 Å². The Bertz CT molecular complexity index is 612. The molecule has 0 saturated carbocycles. The maximum atomic E-state index is 3.77. The number of fused-ring (bicyclic) bond motifs is 1. The summed E-state index contributed by atoms with van der Waals surface area (Å²) in [6.45, 7) is 7.60. The monoisotopic (exact) mass is 285 g/mol. The average molecular weight is 285 g/mol. The summed E-state index contributed by atoms with van der Waals surface area (Å²) < 4.78 is 0. The normalized spacial score (nSPS) is 18.1. The van der Waals surface area contributed by atoms with Crippen molar-refractivity contribution in [2.45, 2.75) is 52.6 Å². The van der Waals surface area contributed by atoms with Gasteiger partial charge in [0.1, 0.15) is 0 Å². The Morgan fingerprint density at radius 1 is 1.15 bits per heavy atom. The number of nitrogens with one attached hydrogen (secondary N) is 1. The third kappa shape index (κ3) is 2.68. The van der Waals surface area contributed by atoms with Crippen LogP contribution >= 0.6 is 11.3 Å². The van der Waals surface area contributed by atoms with Crippen LogP contribution < -0.4 is 5.32 Å². The Morgan fingerprint density at radius 3 is 2.80 bits per heavy atom. The minimum atomic E-state index is 0.547. The van der Waals surface area contributed by atoms with E-state index in [1.54, 1.807) is 10.4 Å². The molecular formula is C18H23NS. The van der Waals surface area contributed by atoms with Crippen LogP contribution in [-0.4, -0.2) is 0 Å². The summed E-state index contributed by atoms with van der Waals surface area (Å²) >= 11 is 1.92. The van der Waals surface area contributed by atoms with E-state index in [0.717, 1.165) is 6.54 Å². The zero-order chi connectivity index (χ0) is 14.1. The minimum absolute atomic E-state index is 0.547. The first-order valence-electron chi connectivity index (χ1n) is 7.51. The fourth-order valence-electron chi connectivity index (χ4n) is 3.14. The predicted octanol–water partition coefficient (Wildman–Crippen LogP) is 4.84. The third-order valence-corrected chi connectivity index (χ3v) is 5.54. The van der Waals surface area contributed by atoms with Gasteiger partial charge in [-0.3, -0.25) is 0 Å². The van der Waals surface area contributed by atoms with Gasteiger partial charge in [-0.05, 0) is 79.3 Å². The Balaban J connectivity index is 1.74. The van der Waals surface area contributed by atoms with E-state index in [4.69, 9.17) is 0 Å². The number of benzene rings is 1. The van der Waals surface area contributed by atoms with Gasteiger partial charge in [0, 0.05) is 17.5 Å². The highest BCUT2D eigenvalue weighted by Crippen LogP contribution is 2.33. The highest BCUT2D eigenvalue weighted by atomic mass is 32.1. The third-order valence-electron chi connectivity index (χ3n) is 4.54. The lowest BCUT2D eigenvalue weighted by Crippen LogP contribution is -2.24. The summed E-state index contributed by atoms with van der Waals surface area (Å²) in [6.07, 6.45) is 3.86. The van der Waals surface area contributed by atoms with E-state index >= 15 is 0 Å². The van der Waals surface area contributed by atoms with Gasteiger partial charge in [-0.15, -0.1) is 11.3 Å². The summed E-state index contributed by atoms with van der Waals surface area (Å²) in [7, 11) is 0.